The Labute approximate surface area is 105 Å². The zero-order chi connectivity index (χ0) is 12.8. The van der Waals surface area contributed by atoms with Crippen LogP contribution in [0.5, 0.6) is 0 Å². The van der Waals surface area contributed by atoms with E-state index in [-0.39, 0.29) is 11.7 Å². The molecule has 5 heteroatoms. The van der Waals surface area contributed by atoms with Crippen LogP contribution in [0.4, 0.5) is 4.39 Å². The van der Waals surface area contributed by atoms with E-state index in [0.29, 0.717) is 18.2 Å². The van der Waals surface area contributed by atoms with Gasteiger partial charge in [-0.25, -0.2) is 4.39 Å². The van der Waals surface area contributed by atoms with Gasteiger partial charge in [-0.3, -0.25) is 4.79 Å². The third-order valence-electron chi connectivity index (χ3n) is 2.01. The summed E-state index contributed by atoms with van der Waals surface area (Å²) >= 11 is 5.69. The van der Waals surface area contributed by atoms with E-state index >= 15 is 0 Å². The number of hydrogen-bond donors (Lipinski definition) is 1. The second kappa shape index (κ2) is 6.57. The van der Waals surface area contributed by atoms with E-state index in [1.54, 1.807) is 0 Å². The quantitative estimate of drug-likeness (QED) is 0.826. The average Bonchev–Trinajstić information content (AvgIpc) is 2.27. The predicted octanol–water partition coefficient (Wildman–Crippen LogP) is 2.63. The second-order valence-corrected chi connectivity index (χ2v) is 4.24. The highest BCUT2D eigenvalue weighted by molar-refractivity contribution is 6.30. The molecular weight excluding hydrogens is 245 g/mol. The van der Waals surface area contributed by atoms with E-state index in [4.69, 9.17) is 16.3 Å². The third-order valence-corrected chi connectivity index (χ3v) is 2.25. The molecule has 0 aliphatic rings. The number of carbonyl (C=O) groups excluding carboxylic acids is 1. The summed E-state index contributed by atoms with van der Waals surface area (Å²) in [4.78, 5) is 11.6. The summed E-state index contributed by atoms with van der Waals surface area (Å²) in [6.45, 7) is 4.53. The standard InChI is InChI=1S/C12H15ClFNO2/c1-8(2)17-6-5-15-12(16)10-7-9(13)3-4-11(10)14/h3-4,7-8H,5-6H2,1-2H3,(H,15,16). The lowest BCUT2D eigenvalue weighted by atomic mass is 10.2. The molecule has 3 nitrogen and oxygen atoms in total. The molecule has 0 aromatic heterocycles. The fourth-order valence-corrected chi connectivity index (χ4v) is 1.40. The first-order valence-corrected chi connectivity index (χ1v) is 5.73. The molecule has 1 aromatic carbocycles. The Morgan fingerprint density at radius 2 is 2.24 bits per heavy atom. The maximum absolute atomic E-state index is 13.3. The van der Waals surface area contributed by atoms with E-state index in [1.165, 1.54) is 18.2 Å². The Morgan fingerprint density at radius 3 is 2.88 bits per heavy atom. The fraction of sp³-hybridized carbons (Fsp3) is 0.417. The largest absolute Gasteiger partial charge is 0.377 e. The zero-order valence-corrected chi connectivity index (χ0v) is 10.6. The van der Waals surface area contributed by atoms with Gasteiger partial charge in [0, 0.05) is 11.6 Å². The number of benzene rings is 1. The number of carbonyl (C=O) groups is 1. The zero-order valence-electron chi connectivity index (χ0n) is 9.80. The van der Waals surface area contributed by atoms with Gasteiger partial charge in [0.05, 0.1) is 18.3 Å². The van der Waals surface area contributed by atoms with Crippen LogP contribution in [0.25, 0.3) is 0 Å². The van der Waals surface area contributed by atoms with Crippen LogP contribution in [0.1, 0.15) is 24.2 Å². The van der Waals surface area contributed by atoms with Crippen LogP contribution < -0.4 is 5.32 Å². The number of amides is 1. The number of hydrogen-bond acceptors (Lipinski definition) is 2. The van der Waals surface area contributed by atoms with Gasteiger partial charge in [-0.2, -0.15) is 0 Å². The van der Waals surface area contributed by atoms with Gasteiger partial charge in [-0.15, -0.1) is 0 Å². The molecule has 1 aromatic rings. The van der Waals surface area contributed by atoms with Crippen LogP contribution in [-0.2, 0) is 4.74 Å². The van der Waals surface area contributed by atoms with E-state index in [9.17, 15) is 9.18 Å². The summed E-state index contributed by atoms with van der Waals surface area (Å²) < 4.78 is 18.6. The van der Waals surface area contributed by atoms with E-state index < -0.39 is 11.7 Å². The molecule has 0 atom stereocenters. The van der Waals surface area contributed by atoms with Crippen LogP contribution in [-0.4, -0.2) is 25.2 Å². The lowest BCUT2D eigenvalue weighted by Gasteiger charge is -2.09. The first kappa shape index (κ1) is 13.9. The van der Waals surface area contributed by atoms with Crippen molar-refractivity contribution in [2.75, 3.05) is 13.2 Å². The molecule has 1 rings (SSSR count). The summed E-state index contributed by atoms with van der Waals surface area (Å²) in [6.07, 6.45) is 0.106. The van der Waals surface area contributed by atoms with Crippen molar-refractivity contribution in [2.24, 2.45) is 0 Å². The number of halogens is 2. The Morgan fingerprint density at radius 1 is 1.53 bits per heavy atom. The number of ether oxygens (including phenoxy) is 1. The summed E-state index contributed by atoms with van der Waals surface area (Å²) in [6, 6.07) is 3.87. The van der Waals surface area contributed by atoms with Crippen molar-refractivity contribution < 1.29 is 13.9 Å². The average molecular weight is 260 g/mol. The van der Waals surface area contributed by atoms with Gasteiger partial charge in [0.15, 0.2) is 0 Å². The van der Waals surface area contributed by atoms with Gasteiger partial charge in [0.1, 0.15) is 5.82 Å². The first-order valence-electron chi connectivity index (χ1n) is 5.35. The SMILES string of the molecule is CC(C)OCCNC(=O)c1cc(Cl)ccc1F. The minimum Gasteiger partial charge on any atom is -0.377 e. The van der Waals surface area contributed by atoms with Crippen LogP contribution in [0, 0.1) is 5.82 Å². The summed E-state index contributed by atoms with van der Waals surface area (Å²) in [5.74, 6) is -1.07. The molecule has 0 saturated heterocycles. The van der Waals surface area contributed by atoms with Gasteiger partial charge in [0.2, 0.25) is 0 Å². The molecule has 0 spiro atoms. The molecule has 0 bridgehead atoms. The molecule has 94 valence electrons. The van der Waals surface area contributed by atoms with Crippen LogP contribution in [0.3, 0.4) is 0 Å². The minimum absolute atomic E-state index is 0.0537. The van der Waals surface area contributed by atoms with E-state index in [2.05, 4.69) is 5.32 Å². The Kier molecular flexibility index (Phi) is 5.38. The second-order valence-electron chi connectivity index (χ2n) is 3.80. The molecule has 0 unspecified atom stereocenters. The van der Waals surface area contributed by atoms with Crippen LogP contribution in [0.2, 0.25) is 5.02 Å². The van der Waals surface area contributed by atoms with Crippen LogP contribution in [0.15, 0.2) is 18.2 Å². The van der Waals surface area contributed by atoms with Crippen molar-refractivity contribution in [3.63, 3.8) is 0 Å². The van der Waals surface area contributed by atoms with E-state index in [0.717, 1.165) is 0 Å². The van der Waals surface area contributed by atoms with Gasteiger partial charge in [0.25, 0.3) is 5.91 Å². The van der Waals surface area contributed by atoms with Crippen molar-refractivity contribution in [3.8, 4) is 0 Å². The maximum atomic E-state index is 13.3. The van der Waals surface area contributed by atoms with Crippen molar-refractivity contribution in [1.29, 1.82) is 0 Å². The number of nitrogens with one attached hydrogen (secondary N) is 1. The number of rotatable bonds is 5. The van der Waals surface area contributed by atoms with Crippen molar-refractivity contribution in [3.05, 3.63) is 34.6 Å². The lowest BCUT2D eigenvalue weighted by molar-refractivity contribution is 0.0745. The Balaban J connectivity index is 2.49. The van der Waals surface area contributed by atoms with Crippen molar-refractivity contribution >= 4 is 17.5 Å². The molecule has 0 heterocycles. The highest BCUT2D eigenvalue weighted by atomic mass is 35.5. The summed E-state index contributed by atoms with van der Waals surface area (Å²) in [5, 5.41) is 2.89. The minimum atomic E-state index is -0.586. The van der Waals surface area contributed by atoms with Gasteiger partial charge in [-0.1, -0.05) is 11.6 Å². The Bertz CT molecular complexity index is 396. The van der Waals surface area contributed by atoms with Crippen molar-refractivity contribution in [1.82, 2.24) is 5.32 Å². The summed E-state index contributed by atoms with van der Waals surface area (Å²) in [7, 11) is 0. The van der Waals surface area contributed by atoms with Gasteiger partial charge < -0.3 is 10.1 Å². The Hall–Kier alpha value is -1.13. The maximum Gasteiger partial charge on any atom is 0.254 e. The third kappa shape index (κ3) is 4.71. The van der Waals surface area contributed by atoms with Crippen LogP contribution >= 0.6 is 11.6 Å². The highest BCUT2D eigenvalue weighted by Crippen LogP contribution is 2.14. The first-order chi connectivity index (χ1) is 8.00. The van der Waals surface area contributed by atoms with Gasteiger partial charge in [-0.05, 0) is 32.0 Å². The van der Waals surface area contributed by atoms with Crippen molar-refractivity contribution in [2.45, 2.75) is 20.0 Å². The normalized spacial score (nSPS) is 10.6. The van der Waals surface area contributed by atoms with E-state index in [1.807, 2.05) is 13.8 Å². The molecule has 1 N–H and O–H groups in total. The molecule has 0 radical (unpaired) electrons. The van der Waals surface area contributed by atoms with Gasteiger partial charge >= 0.3 is 0 Å². The molecule has 1 amide bonds. The molecule has 17 heavy (non-hydrogen) atoms. The topological polar surface area (TPSA) is 38.3 Å². The molecule has 0 fully saturated rings. The molecule has 0 aliphatic heterocycles. The smallest absolute Gasteiger partial charge is 0.254 e. The predicted molar refractivity (Wildman–Crippen MR) is 64.8 cm³/mol. The highest BCUT2D eigenvalue weighted by Gasteiger charge is 2.11. The molecular formula is C12H15ClFNO2. The summed E-state index contributed by atoms with van der Waals surface area (Å²) in [5.41, 5.74) is -0.0537. The molecule has 0 saturated carbocycles. The molecule has 0 aliphatic carbocycles. The fourth-order valence-electron chi connectivity index (χ4n) is 1.23. The lowest BCUT2D eigenvalue weighted by Crippen LogP contribution is -2.28. The monoisotopic (exact) mass is 259 g/mol.